The standard InChI is InChI=1S/C28H18ClNS/c29-23-14-11-19(12-15-23)25-17-31-26(30-25)6-2-3-18-7-8-22-10-9-20-4-1-5-21-13-16-24(18)28(22)27(20)21/h1-5,7-17H,6H2/b3-2+. The van der Waals surface area contributed by atoms with Crippen LogP contribution >= 0.6 is 22.9 Å². The van der Waals surface area contributed by atoms with Crippen molar-refractivity contribution in [3.63, 3.8) is 0 Å². The Hall–Kier alpha value is -3.20. The van der Waals surface area contributed by atoms with Crippen LogP contribution < -0.4 is 0 Å². The van der Waals surface area contributed by atoms with E-state index in [1.807, 2.05) is 24.3 Å². The molecule has 5 aromatic carbocycles. The summed E-state index contributed by atoms with van der Waals surface area (Å²) in [7, 11) is 0. The average Bonchev–Trinajstić information content (AvgIpc) is 3.27. The topological polar surface area (TPSA) is 12.9 Å². The van der Waals surface area contributed by atoms with Crippen LogP contribution in [0.5, 0.6) is 0 Å². The minimum atomic E-state index is 0.746. The van der Waals surface area contributed by atoms with Crippen LogP contribution in [0.4, 0.5) is 0 Å². The minimum absolute atomic E-state index is 0.746. The van der Waals surface area contributed by atoms with E-state index < -0.39 is 0 Å². The molecule has 0 aliphatic rings. The number of nitrogens with zero attached hydrogens (tertiary/aromatic N) is 1. The van der Waals surface area contributed by atoms with Gasteiger partial charge in [0.2, 0.25) is 0 Å². The molecule has 0 atom stereocenters. The van der Waals surface area contributed by atoms with Crippen LogP contribution in [0.2, 0.25) is 5.02 Å². The second-order valence-corrected chi connectivity index (χ2v) is 9.13. The van der Waals surface area contributed by atoms with E-state index >= 15 is 0 Å². The monoisotopic (exact) mass is 435 g/mol. The largest absolute Gasteiger partial charge is 0.241 e. The molecule has 0 saturated carbocycles. The molecule has 0 amide bonds. The summed E-state index contributed by atoms with van der Waals surface area (Å²) < 4.78 is 0. The Morgan fingerprint density at radius 2 is 1.48 bits per heavy atom. The molecule has 1 nitrogen and oxygen atoms in total. The van der Waals surface area contributed by atoms with Crippen LogP contribution in [0.25, 0.3) is 49.7 Å². The third kappa shape index (κ3) is 3.29. The number of halogens is 1. The zero-order valence-electron chi connectivity index (χ0n) is 16.7. The maximum atomic E-state index is 6.00. The van der Waals surface area contributed by atoms with Gasteiger partial charge in [0, 0.05) is 22.4 Å². The summed E-state index contributed by atoms with van der Waals surface area (Å²) in [5.41, 5.74) is 3.36. The molecule has 0 N–H and O–H groups in total. The van der Waals surface area contributed by atoms with Gasteiger partial charge in [-0.2, -0.15) is 0 Å². The van der Waals surface area contributed by atoms with Crippen molar-refractivity contribution in [3.8, 4) is 11.3 Å². The second kappa shape index (κ2) is 7.49. The van der Waals surface area contributed by atoms with E-state index in [0.717, 1.165) is 27.7 Å². The van der Waals surface area contributed by atoms with Crippen molar-refractivity contribution in [2.45, 2.75) is 6.42 Å². The number of benzene rings is 5. The van der Waals surface area contributed by atoms with Gasteiger partial charge in [-0.25, -0.2) is 4.98 Å². The van der Waals surface area contributed by atoms with Gasteiger partial charge < -0.3 is 0 Å². The molecule has 0 unspecified atom stereocenters. The number of aromatic nitrogens is 1. The van der Waals surface area contributed by atoms with Crippen molar-refractivity contribution >= 4 is 61.3 Å². The Kier molecular flexibility index (Phi) is 4.48. The average molecular weight is 436 g/mol. The third-order valence-electron chi connectivity index (χ3n) is 5.84. The molecule has 0 aliphatic carbocycles. The van der Waals surface area contributed by atoms with Gasteiger partial charge in [-0.05, 0) is 50.0 Å². The van der Waals surface area contributed by atoms with Gasteiger partial charge in [-0.3, -0.25) is 0 Å². The molecule has 6 rings (SSSR count). The fourth-order valence-electron chi connectivity index (χ4n) is 4.35. The van der Waals surface area contributed by atoms with E-state index in [2.05, 4.69) is 72.1 Å². The first-order valence-electron chi connectivity index (χ1n) is 10.3. The van der Waals surface area contributed by atoms with E-state index in [4.69, 9.17) is 16.6 Å². The predicted octanol–water partition coefficient (Wildman–Crippen LogP) is 8.62. The van der Waals surface area contributed by atoms with Crippen molar-refractivity contribution in [1.29, 1.82) is 0 Å². The van der Waals surface area contributed by atoms with E-state index in [-0.39, 0.29) is 0 Å². The zero-order valence-corrected chi connectivity index (χ0v) is 18.3. The predicted molar refractivity (Wildman–Crippen MR) is 135 cm³/mol. The van der Waals surface area contributed by atoms with Crippen molar-refractivity contribution in [2.75, 3.05) is 0 Å². The maximum Gasteiger partial charge on any atom is 0.0970 e. The Morgan fingerprint density at radius 3 is 2.29 bits per heavy atom. The van der Waals surface area contributed by atoms with E-state index in [9.17, 15) is 0 Å². The Labute approximate surface area is 189 Å². The van der Waals surface area contributed by atoms with Gasteiger partial charge in [0.15, 0.2) is 0 Å². The van der Waals surface area contributed by atoms with Crippen LogP contribution in [0.1, 0.15) is 10.6 Å². The lowest BCUT2D eigenvalue weighted by Crippen LogP contribution is -1.86. The summed E-state index contributed by atoms with van der Waals surface area (Å²) in [5.74, 6) is 0. The molecule has 0 saturated heterocycles. The number of allylic oxidation sites excluding steroid dienone is 1. The molecule has 0 spiro atoms. The normalized spacial score (nSPS) is 12.0. The summed E-state index contributed by atoms with van der Waals surface area (Å²) in [4.78, 5) is 4.79. The molecule has 31 heavy (non-hydrogen) atoms. The lowest BCUT2D eigenvalue weighted by Gasteiger charge is -2.12. The molecule has 0 aliphatic heterocycles. The number of thiazole rings is 1. The first-order chi connectivity index (χ1) is 15.3. The summed E-state index contributed by atoms with van der Waals surface area (Å²) >= 11 is 7.69. The third-order valence-corrected chi connectivity index (χ3v) is 6.97. The molecule has 1 heterocycles. The van der Waals surface area contributed by atoms with Gasteiger partial charge in [-0.15, -0.1) is 11.3 Å². The van der Waals surface area contributed by atoms with E-state index in [1.165, 1.54) is 37.9 Å². The molecule has 6 aromatic rings. The van der Waals surface area contributed by atoms with Crippen molar-refractivity contribution in [2.24, 2.45) is 0 Å². The van der Waals surface area contributed by atoms with Gasteiger partial charge in [0.25, 0.3) is 0 Å². The summed E-state index contributed by atoms with van der Waals surface area (Å²) in [6.07, 6.45) is 5.27. The number of rotatable bonds is 4. The molecular weight excluding hydrogens is 418 g/mol. The Morgan fingerprint density at radius 1 is 0.774 bits per heavy atom. The molecule has 0 fully saturated rings. The molecule has 0 bridgehead atoms. The highest BCUT2D eigenvalue weighted by molar-refractivity contribution is 7.10. The molecule has 3 heteroatoms. The van der Waals surface area contributed by atoms with Crippen molar-refractivity contribution in [1.82, 2.24) is 4.98 Å². The second-order valence-electron chi connectivity index (χ2n) is 7.75. The molecule has 1 aromatic heterocycles. The van der Waals surface area contributed by atoms with Gasteiger partial charge in [-0.1, -0.05) is 90.5 Å². The van der Waals surface area contributed by atoms with E-state index in [0.29, 0.717) is 0 Å². The van der Waals surface area contributed by atoms with Gasteiger partial charge in [0.05, 0.1) is 10.7 Å². The fraction of sp³-hybridized carbons (Fsp3) is 0.0357. The molecular formula is C28H18ClNS. The Bertz CT molecular complexity index is 1540. The van der Waals surface area contributed by atoms with Crippen LogP contribution in [0, 0.1) is 0 Å². The van der Waals surface area contributed by atoms with Gasteiger partial charge >= 0.3 is 0 Å². The lowest BCUT2D eigenvalue weighted by atomic mass is 9.92. The number of hydrogen-bond acceptors (Lipinski definition) is 2. The van der Waals surface area contributed by atoms with Crippen LogP contribution in [-0.4, -0.2) is 4.98 Å². The lowest BCUT2D eigenvalue weighted by molar-refractivity contribution is 1.19. The fourth-order valence-corrected chi connectivity index (χ4v) is 5.25. The summed E-state index contributed by atoms with van der Waals surface area (Å²) in [5, 5.41) is 11.9. The minimum Gasteiger partial charge on any atom is -0.241 e. The van der Waals surface area contributed by atoms with Gasteiger partial charge in [0.1, 0.15) is 0 Å². The SMILES string of the molecule is Clc1ccc(-c2csc(C/C=C/c3ccc4ccc5cccc6ccc3c4c56)n2)cc1. The molecule has 148 valence electrons. The van der Waals surface area contributed by atoms with Crippen LogP contribution in [0.15, 0.2) is 90.3 Å². The number of hydrogen-bond donors (Lipinski definition) is 0. The highest BCUT2D eigenvalue weighted by atomic mass is 35.5. The van der Waals surface area contributed by atoms with Crippen molar-refractivity contribution in [3.05, 3.63) is 106 Å². The quantitative estimate of drug-likeness (QED) is 0.252. The van der Waals surface area contributed by atoms with E-state index in [1.54, 1.807) is 11.3 Å². The highest BCUT2D eigenvalue weighted by Gasteiger charge is 2.09. The smallest absolute Gasteiger partial charge is 0.0970 e. The first-order valence-corrected chi connectivity index (χ1v) is 11.6. The summed E-state index contributed by atoms with van der Waals surface area (Å²) in [6.45, 7) is 0. The highest BCUT2D eigenvalue weighted by Crippen LogP contribution is 2.36. The molecule has 0 radical (unpaired) electrons. The van der Waals surface area contributed by atoms with Crippen LogP contribution in [0.3, 0.4) is 0 Å². The zero-order chi connectivity index (χ0) is 20.8. The van der Waals surface area contributed by atoms with Crippen LogP contribution in [-0.2, 0) is 6.42 Å². The first kappa shape index (κ1) is 18.6. The summed E-state index contributed by atoms with van der Waals surface area (Å²) in [6, 6.07) is 27.8. The maximum absolute atomic E-state index is 6.00. The van der Waals surface area contributed by atoms with Crippen molar-refractivity contribution < 1.29 is 0 Å². The Balaban J connectivity index is 1.33.